The van der Waals surface area contributed by atoms with E-state index in [1.54, 1.807) is 0 Å². The van der Waals surface area contributed by atoms with Gasteiger partial charge >= 0.3 is 6.18 Å². The second-order valence-electron chi connectivity index (χ2n) is 6.51. The van der Waals surface area contributed by atoms with Crippen LogP contribution in [0, 0.1) is 5.82 Å². The highest BCUT2D eigenvalue weighted by Gasteiger charge is 2.41. The number of halogens is 4. The van der Waals surface area contributed by atoms with Gasteiger partial charge in [-0.05, 0) is 19.9 Å². The van der Waals surface area contributed by atoms with Crippen molar-refractivity contribution in [2.24, 2.45) is 5.73 Å². The summed E-state index contributed by atoms with van der Waals surface area (Å²) in [4.78, 5) is 23.2. The van der Waals surface area contributed by atoms with Crippen molar-refractivity contribution in [3.8, 4) is 11.4 Å². The zero-order valence-electron chi connectivity index (χ0n) is 14.8. The van der Waals surface area contributed by atoms with Gasteiger partial charge in [0, 0.05) is 17.1 Å². The number of carbonyl (C=O) groups excluding carboxylic acids is 1. The quantitative estimate of drug-likeness (QED) is 0.638. The van der Waals surface area contributed by atoms with Crippen molar-refractivity contribution in [1.29, 1.82) is 0 Å². The monoisotopic (exact) mass is 397 g/mol. The molecule has 0 bridgehead atoms. The minimum absolute atomic E-state index is 0.0661. The van der Waals surface area contributed by atoms with E-state index in [-0.39, 0.29) is 11.6 Å². The molecular weight excluding hydrogens is 382 g/mol. The average molecular weight is 397 g/mol. The largest absolute Gasteiger partial charge is 0.406 e. The molecule has 0 aliphatic rings. The molecule has 28 heavy (non-hydrogen) atoms. The summed E-state index contributed by atoms with van der Waals surface area (Å²) in [6.07, 6.45) is -1.19. The maximum absolute atomic E-state index is 13.5. The molecule has 3 aromatic rings. The number of rotatable bonds is 5. The van der Waals surface area contributed by atoms with Gasteiger partial charge in [0.25, 0.3) is 0 Å². The number of hydrogen-bond acceptors (Lipinski definition) is 6. The van der Waals surface area contributed by atoms with E-state index < -0.39 is 30.0 Å². The van der Waals surface area contributed by atoms with Crippen LogP contribution in [0.2, 0.25) is 0 Å². The van der Waals surface area contributed by atoms with Crippen LogP contribution in [-0.2, 0) is 4.79 Å². The minimum atomic E-state index is -4.63. The Bertz CT molecular complexity index is 1030. The van der Waals surface area contributed by atoms with Crippen molar-refractivity contribution in [3.05, 3.63) is 30.5 Å². The van der Waals surface area contributed by atoms with Gasteiger partial charge in [0.1, 0.15) is 23.5 Å². The Morgan fingerprint density at radius 2 is 2.00 bits per heavy atom. The van der Waals surface area contributed by atoms with Crippen molar-refractivity contribution >= 4 is 22.8 Å². The Labute approximate surface area is 155 Å². The molecule has 1 amide bonds. The maximum atomic E-state index is 13.5. The van der Waals surface area contributed by atoms with Crippen LogP contribution in [0.3, 0.4) is 0 Å². The van der Waals surface area contributed by atoms with Crippen LogP contribution in [-0.4, -0.2) is 49.3 Å². The number of fused-ring (bicyclic) bond motifs is 1. The molecule has 0 radical (unpaired) electrons. The molecule has 0 atom stereocenters. The number of nitrogens with two attached hydrogens (primary N) is 1. The van der Waals surface area contributed by atoms with Crippen LogP contribution in [0.15, 0.2) is 24.7 Å². The van der Waals surface area contributed by atoms with Gasteiger partial charge in [-0.3, -0.25) is 4.79 Å². The molecule has 8 nitrogen and oxygen atoms in total. The van der Waals surface area contributed by atoms with Gasteiger partial charge in [-0.25, -0.2) is 14.4 Å². The Balaban J connectivity index is 2.11. The second kappa shape index (κ2) is 6.69. The van der Waals surface area contributed by atoms with E-state index in [2.05, 4.69) is 25.1 Å². The minimum Gasteiger partial charge on any atom is -0.368 e. The molecule has 0 fully saturated rings. The van der Waals surface area contributed by atoms with Crippen LogP contribution in [0.25, 0.3) is 22.4 Å². The number of nitrogens with zero attached hydrogens (tertiary/aromatic N) is 5. The number of amides is 1. The lowest BCUT2D eigenvalue weighted by molar-refractivity contribution is -0.129. The molecule has 0 unspecified atom stereocenters. The van der Waals surface area contributed by atoms with Crippen molar-refractivity contribution < 1.29 is 22.4 Å². The average Bonchev–Trinajstić information content (AvgIpc) is 3.01. The number of aromatic amines is 1. The van der Waals surface area contributed by atoms with Gasteiger partial charge in [-0.1, -0.05) is 0 Å². The molecule has 0 spiro atoms. The summed E-state index contributed by atoms with van der Waals surface area (Å²) in [7, 11) is 0. The number of aromatic nitrogens is 5. The molecule has 148 valence electrons. The molecule has 0 aliphatic carbocycles. The highest BCUT2D eigenvalue weighted by Crippen LogP contribution is 2.30. The first kappa shape index (κ1) is 19.5. The van der Waals surface area contributed by atoms with Crippen LogP contribution >= 0.6 is 0 Å². The molecule has 0 saturated heterocycles. The first-order valence-electron chi connectivity index (χ1n) is 7.96. The topological polar surface area (TPSA) is 114 Å². The van der Waals surface area contributed by atoms with E-state index >= 15 is 0 Å². The number of alkyl halides is 3. The van der Waals surface area contributed by atoms with Gasteiger partial charge < -0.3 is 15.6 Å². The van der Waals surface area contributed by atoms with Crippen molar-refractivity contribution in [1.82, 2.24) is 25.1 Å². The summed E-state index contributed by atoms with van der Waals surface area (Å²) in [5, 5.41) is 7.83. The van der Waals surface area contributed by atoms with E-state index in [9.17, 15) is 22.4 Å². The molecule has 3 rings (SSSR count). The lowest BCUT2D eigenvalue weighted by Gasteiger charge is -2.37. The summed E-state index contributed by atoms with van der Waals surface area (Å²) in [6.45, 7) is 1.01. The highest BCUT2D eigenvalue weighted by atomic mass is 19.4. The number of H-pyrrole nitrogens is 1. The Kier molecular flexibility index (Phi) is 4.65. The summed E-state index contributed by atoms with van der Waals surface area (Å²) >= 11 is 0. The van der Waals surface area contributed by atoms with Crippen molar-refractivity contribution in [3.63, 3.8) is 0 Å². The Morgan fingerprint density at radius 3 is 2.64 bits per heavy atom. The van der Waals surface area contributed by atoms with Crippen LogP contribution in [0.1, 0.15) is 13.8 Å². The lowest BCUT2D eigenvalue weighted by atomic mass is 10.0. The summed E-state index contributed by atoms with van der Waals surface area (Å²) in [5.41, 5.74) is 4.21. The normalized spacial score (nSPS) is 12.4. The standard InChI is InChI=1S/C16H15F4N7O/c1-15(2,14(21)28)27(7-16(18,19)20)11-6-24-26-13(25-11)10-5-23-12-9(10)3-8(17)4-22-12/h3-6H,7H2,1-2H3,(H2,21,28)(H,22,23). The van der Waals surface area contributed by atoms with E-state index in [1.807, 2.05) is 0 Å². The summed E-state index contributed by atoms with van der Waals surface area (Å²) in [5.74, 6) is -1.91. The molecule has 3 N–H and O–H groups in total. The zero-order chi connectivity index (χ0) is 20.7. The smallest absolute Gasteiger partial charge is 0.368 e. The fraction of sp³-hybridized carbons (Fsp3) is 0.312. The van der Waals surface area contributed by atoms with Gasteiger partial charge in [0.05, 0.1) is 12.4 Å². The lowest BCUT2D eigenvalue weighted by Crippen LogP contribution is -2.56. The molecule has 3 aromatic heterocycles. The highest BCUT2D eigenvalue weighted by molar-refractivity contribution is 5.92. The van der Waals surface area contributed by atoms with Crippen LogP contribution in [0.5, 0.6) is 0 Å². The number of carbonyl (C=O) groups is 1. The molecule has 3 heterocycles. The van der Waals surface area contributed by atoms with Gasteiger partial charge in [0.15, 0.2) is 11.6 Å². The van der Waals surface area contributed by atoms with Crippen LogP contribution in [0.4, 0.5) is 23.4 Å². The number of pyridine rings is 1. The molecular formula is C16H15F4N7O. The van der Waals surface area contributed by atoms with E-state index in [0.29, 0.717) is 21.5 Å². The zero-order valence-corrected chi connectivity index (χ0v) is 14.8. The third kappa shape index (κ3) is 3.70. The van der Waals surface area contributed by atoms with Crippen molar-refractivity contribution in [2.45, 2.75) is 25.6 Å². The Morgan fingerprint density at radius 1 is 1.29 bits per heavy atom. The molecule has 0 aliphatic heterocycles. The second-order valence-corrected chi connectivity index (χ2v) is 6.51. The van der Waals surface area contributed by atoms with Gasteiger partial charge in [-0.2, -0.15) is 18.3 Å². The maximum Gasteiger partial charge on any atom is 0.406 e. The third-order valence-corrected chi connectivity index (χ3v) is 4.18. The predicted octanol–water partition coefficient (Wildman–Crippen LogP) is 2.19. The number of hydrogen-bond donors (Lipinski definition) is 2. The predicted molar refractivity (Wildman–Crippen MR) is 91.5 cm³/mol. The first-order valence-corrected chi connectivity index (χ1v) is 7.96. The third-order valence-electron chi connectivity index (χ3n) is 4.18. The van der Waals surface area contributed by atoms with Crippen LogP contribution < -0.4 is 10.6 Å². The summed E-state index contributed by atoms with van der Waals surface area (Å²) < 4.78 is 52.8. The number of nitrogens with one attached hydrogen (secondary N) is 1. The molecule has 0 saturated carbocycles. The van der Waals surface area contributed by atoms with Gasteiger partial charge in [0.2, 0.25) is 5.91 Å². The van der Waals surface area contributed by atoms with E-state index in [1.165, 1.54) is 26.1 Å². The fourth-order valence-electron chi connectivity index (χ4n) is 2.58. The fourth-order valence-corrected chi connectivity index (χ4v) is 2.58. The van der Waals surface area contributed by atoms with E-state index in [0.717, 1.165) is 12.4 Å². The molecule has 12 heteroatoms. The SMILES string of the molecule is CC(C)(C(N)=O)N(CC(F)(F)F)c1cnnc(-c2c[nH]c3ncc(F)cc23)n1. The Hall–Kier alpha value is -3.31. The van der Waals surface area contributed by atoms with E-state index in [4.69, 9.17) is 5.73 Å². The summed E-state index contributed by atoms with van der Waals surface area (Å²) in [6, 6.07) is 1.19. The van der Waals surface area contributed by atoms with Crippen molar-refractivity contribution in [2.75, 3.05) is 11.4 Å². The number of primary amides is 1. The first-order chi connectivity index (χ1) is 13.0. The molecule has 0 aromatic carbocycles. The number of anilines is 1. The van der Waals surface area contributed by atoms with Gasteiger partial charge in [-0.15, -0.1) is 5.10 Å².